The number of phenols is 1. The van der Waals surface area contributed by atoms with Crippen molar-refractivity contribution in [1.82, 2.24) is 5.32 Å². The van der Waals surface area contributed by atoms with E-state index < -0.39 is 6.10 Å². The maximum absolute atomic E-state index is 10.6. The molecule has 0 radical (unpaired) electrons. The third-order valence-electron chi connectivity index (χ3n) is 6.61. The number of aromatic hydroxyl groups is 1. The fraction of sp³-hybridized carbons (Fsp3) is 0.684. The minimum atomic E-state index is -0.515. The Hall–Kier alpha value is -1.06. The number of hydrogen-bond donors (Lipinski definition) is 3. The molecule has 0 heterocycles. The van der Waals surface area contributed by atoms with Crippen molar-refractivity contribution in [2.24, 2.45) is 23.7 Å². The van der Waals surface area contributed by atoms with Crippen molar-refractivity contribution in [3.8, 4) is 5.75 Å². The van der Waals surface area contributed by atoms with E-state index in [2.05, 4.69) is 12.2 Å². The van der Waals surface area contributed by atoms with Gasteiger partial charge >= 0.3 is 0 Å². The second-order valence-electron chi connectivity index (χ2n) is 7.75. The van der Waals surface area contributed by atoms with Gasteiger partial charge in [-0.15, -0.1) is 0 Å². The molecule has 22 heavy (non-hydrogen) atoms. The average molecular weight is 301 g/mol. The summed E-state index contributed by atoms with van der Waals surface area (Å²) in [5.74, 6) is 3.99. The first kappa shape index (κ1) is 14.5. The molecule has 0 spiro atoms. The summed E-state index contributed by atoms with van der Waals surface area (Å²) in [6.07, 6.45) is 6.52. The van der Waals surface area contributed by atoms with E-state index in [-0.39, 0.29) is 11.8 Å². The molecule has 3 heteroatoms. The third-order valence-corrected chi connectivity index (χ3v) is 6.61. The first-order valence-corrected chi connectivity index (χ1v) is 8.86. The molecule has 3 saturated carbocycles. The van der Waals surface area contributed by atoms with Crippen LogP contribution in [0.1, 0.15) is 50.7 Å². The first-order chi connectivity index (χ1) is 10.6. The summed E-state index contributed by atoms with van der Waals surface area (Å²) in [7, 11) is 0. The molecule has 3 aliphatic carbocycles. The van der Waals surface area contributed by atoms with Crippen LogP contribution in [-0.2, 0) is 0 Å². The number of nitrogens with one attached hydrogen (secondary N) is 1. The van der Waals surface area contributed by atoms with Crippen LogP contribution in [-0.4, -0.2) is 22.3 Å². The van der Waals surface area contributed by atoms with Gasteiger partial charge in [-0.3, -0.25) is 0 Å². The molecule has 0 aliphatic heterocycles. The highest BCUT2D eigenvalue weighted by Crippen LogP contribution is 2.58. The monoisotopic (exact) mass is 301 g/mol. The van der Waals surface area contributed by atoms with Gasteiger partial charge in [0.25, 0.3) is 0 Å². The number of aliphatic hydroxyl groups excluding tert-OH is 1. The zero-order valence-corrected chi connectivity index (χ0v) is 13.3. The van der Waals surface area contributed by atoms with Crippen molar-refractivity contribution >= 4 is 0 Å². The van der Waals surface area contributed by atoms with Crippen molar-refractivity contribution in [1.29, 1.82) is 0 Å². The topological polar surface area (TPSA) is 52.5 Å². The highest BCUT2D eigenvalue weighted by atomic mass is 16.3. The number of aliphatic hydroxyl groups is 1. The smallest absolute Gasteiger partial charge is 0.115 e. The second kappa shape index (κ2) is 5.54. The van der Waals surface area contributed by atoms with E-state index in [1.165, 1.54) is 32.1 Å². The maximum atomic E-state index is 10.6. The van der Waals surface area contributed by atoms with Crippen molar-refractivity contribution in [3.63, 3.8) is 0 Å². The van der Waals surface area contributed by atoms with Gasteiger partial charge in [-0.05, 0) is 74.0 Å². The summed E-state index contributed by atoms with van der Waals surface area (Å²) >= 11 is 0. The van der Waals surface area contributed by atoms with Crippen LogP contribution in [0.5, 0.6) is 5.75 Å². The number of fused-ring (bicyclic) bond motifs is 5. The van der Waals surface area contributed by atoms with Crippen LogP contribution in [0, 0.1) is 23.7 Å². The maximum Gasteiger partial charge on any atom is 0.115 e. The quantitative estimate of drug-likeness (QED) is 0.800. The highest BCUT2D eigenvalue weighted by Gasteiger charge is 2.53. The fourth-order valence-corrected chi connectivity index (χ4v) is 5.65. The van der Waals surface area contributed by atoms with Crippen LogP contribution in [0.25, 0.3) is 0 Å². The van der Waals surface area contributed by atoms with Crippen molar-refractivity contribution in [3.05, 3.63) is 29.8 Å². The predicted molar refractivity (Wildman–Crippen MR) is 86.5 cm³/mol. The Bertz CT molecular complexity index is 529. The summed E-state index contributed by atoms with van der Waals surface area (Å²) in [5.41, 5.74) is 0.875. The molecule has 2 bridgehead atoms. The number of benzene rings is 1. The molecule has 4 rings (SSSR count). The van der Waals surface area contributed by atoms with Crippen LogP contribution >= 0.6 is 0 Å². The van der Waals surface area contributed by atoms with Gasteiger partial charge < -0.3 is 15.5 Å². The minimum absolute atomic E-state index is 0.0498. The van der Waals surface area contributed by atoms with Crippen LogP contribution in [0.15, 0.2) is 24.3 Å². The molecule has 0 saturated heterocycles. The van der Waals surface area contributed by atoms with Gasteiger partial charge in [0.05, 0.1) is 6.10 Å². The zero-order chi connectivity index (χ0) is 15.3. The Balaban J connectivity index is 1.40. The Labute approximate surface area is 132 Å². The van der Waals surface area contributed by atoms with Gasteiger partial charge in [-0.2, -0.15) is 0 Å². The predicted octanol–water partition coefficient (Wildman–Crippen LogP) is 3.23. The van der Waals surface area contributed by atoms with Crippen molar-refractivity contribution < 1.29 is 10.2 Å². The molecule has 120 valence electrons. The first-order valence-electron chi connectivity index (χ1n) is 8.86. The normalized spacial score (nSPS) is 38.9. The van der Waals surface area contributed by atoms with Gasteiger partial charge in [0, 0.05) is 12.1 Å². The Morgan fingerprint density at radius 3 is 2.55 bits per heavy atom. The Kier molecular flexibility index (Phi) is 3.66. The van der Waals surface area contributed by atoms with Gasteiger partial charge in [-0.25, -0.2) is 0 Å². The molecular weight excluding hydrogens is 274 g/mol. The summed E-state index contributed by atoms with van der Waals surface area (Å²) in [5, 5.41) is 23.6. The van der Waals surface area contributed by atoms with Crippen molar-refractivity contribution in [2.75, 3.05) is 0 Å². The van der Waals surface area contributed by atoms with E-state index in [1.807, 2.05) is 12.1 Å². The molecule has 0 unspecified atom stereocenters. The second-order valence-corrected chi connectivity index (χ2v) is 7.75. The van der Waals surface area contributed by atoms with Crippen LogP contribution in [0.4, 0.5) is 0 Å². The van der Waals surface area contributed by atoms with Gasteiger partial charge in [-0.1, -0.05) is 18.6 Å². The lowest BCUT2D eigenvalue weighted by Crippen LogP contribution is -2.45. The van der Waals surface area contributed by atoms with Gasteiger partial charge in [0.15, 0.2) is 0 Å². The van der Waals surface area contributed by atoms with E-state index >= 15 is 0 Å². The molecule has 0 amide bonds. The van der Waals surface area contributed by atoms with E-state index in [9.17, 15) is 10.2 Å². The molecule has 3 fully saturated rings. The van der Waals surface area contributed by atoms with E-state index in [1.54, 1.807) is 12.1 Å². The summed E-state index contributed by atoms with van der Waals surface area (Å²) in [6, 6.07) is 7.55. The Morgan fingerprint density at radius 1 is 1.05 bits per heavy atom. The van der Waals surface area contributed by atoms with Crippen molar-refractivity contribution in [2.45, 2.75) is 57.2 Å². The molecular formula is C19H27NO2. The Morgan fingerprint density at radius 2 is 1.77 bits per heavy atom. The molecule has 0 aromatic heterocycles. The van der Waals surface area contributed by atoms with Crippen LogP contribution < -0.4 is 5.32 Å². The largest absolute Gasteiger partial charge is 0.508 e. The molecule has 1 aromatic carbocycles. The summed E-state index contributed by atoms with van der Waals surface area (Å²) in [4.78, 5) is 0. The molecule has 3 N–H and O–H groups in total. The molecule has 3 nitrogen and oxygen atoms in total. The molecule has 1 aromatic rings. The minimum Gasteiger partial charge on any atom is -0.508 e. The molecule has 7 atom stereocenters. The lowest BCUT2D eigenvalue weighted by molar-refractivity contribution is 0.111. The average Bonchev–Trinajstić information content (AvgIpc) is 3.19. The number of hydrogen-bond acceptors (Lipinski definition) is 3. The zero-order valence-electron chi connectivity index (χ0n) is 13.3. The standard InChI is InChI=1S/C19H27NO2/c1-11(19(22)12-5-7-14(21)8-6-12)20-18-10-13-9-17(18)16-4-2-3-15(13)16/h5-8,11,13,15-22H,2-4,9-10H2,1H3/t11-,13+,15+,16+,17-,18+,19+/m0/s1. The number of rotatable bonds is 4. The lowest BCUT2D eigenvalue weighted by atomic mass is 9.79. The number of phenolic OH excluding ortho intramolecular Hbond substituents is 1. The van der Waals surface area contributed by atoms with E-state index in [0.29, 0.717) is 6.04 Å². The lowest BCUT2D eigenvalue weighted by Gasteiger charge is -2.35. The highest BCUT2D eigenvalue weighted by molar-refractivity contribution is 5.28. The fourth-order valence-electron chi connectivity index (χ4n) is 5.65. The van der Waals surface area contributed by atoms with Crippen LogP contribution in [0.2, 0.25) is 0 Å². The van der Waals surface area contributed by atoms with Crippen LogP contribution in [0.3, 0.4) is 0 Å². The summed E-state index contributed by atoms with van der Waals surface area (Å²) in [6.45, 7) is 2.08. The van der Waals surface area contributed by atoms with E-state index in [0.717, 1.165) is 29.2 Å². The summed E-state index contributed by atoms with van der Waals surface area (Å²) < 4.78 is 0. The van der Waals surface area contributed by atoms with Gasteiger partial charge in [0.1, 0.15) is 5.75 Å². The van der Waals surface area contributed by atoms with E-state index in [4.69, 9.17) is 0 Å². The SMILES string of the molecule is C[C@H](N[C@@H]1C[C@H]2C[C@H]1[C@@H]1CCC[C@H]21)[C@@H](O)c1ccc(O)cc1. The molecule has 3 aliphatic rings. The van der Waals surface area contributed by atoms with Gasteiger partial charge in [0.2, 0.25) is 0 Å². The third kappa shape index (κ3) is 2.35.